The van der Waals surface area contributed by atoms with Gasteiger partial charge in [0.15, 0.2) is 5.16 Å². The van der Waals surface area contributed by atoms with E-state index in [4.69, 9.17) is 10.8 Å². The van der Waals surface area contributed by atoms with Gasteiger partial charge in [0.2, 0.25) is 0 Å². The van der Waals surface area contributed by atoms with Crippen LogP contribution in [0.2, 0.25) is 0 Å². The molecule has 94 valence electrons. The van der Waals surface area contributed by atoms with Gasteiger partial charge < -0.3 is 20.7 Å². The number of nitrogens with two attached hydrogens (primary N) is 1. The van der Waals surface area contributed by atoms with Crippen molar-refractivity contribution in [2.24, 2.45) is 5.73 Å². The number of nitrogens with one attached hydrogen (secondary N) is 1. The number of hydrogen-bond donors (Lipinski definition) is 3. The molecule has 0 unspecified atom stereocenters. The summed E-state index contributed by atoms with van der Waals surface area (Å²) in [5.74, 6) is -0.933. The van der Waals surface area contributed by atoms with Crippen LogP contribution in [0.15, 0.2) is 11.4 Å². The first-order valence-electron chi connectivity index (χ1n) is 4.90. The van der Waals surface area contributed by atoms with Crippen LogP contribution < -0.4 is 11.1 Å². The van der Waals surface area contributed by atoms with Crippen molar-refractivity contribution in [3.05, 3.63) is 11.9 Å². The Balaban J connectivity index is 2.57. The van der Waals surface area contributed by atoms with Gasteiger partial charge in [0.05, 0.1) is 11.4 Å². The van der Waals surface area contributed by atoms with Gasteiger partial charge in [-0.25, -0.2) is 9.78 Å². The number of urea groups is 1. The summed E-state index contributed by atoms with van der Waals surface area (Å²) in [6.07, 6.45) is 1.80. The highest BCUT2D eigenvalue weighted by atomic mass is 32.2. The number of hydrogen-bond acceptors (Lipinski definition) is 4. The molecule has 4 N–H and O–H groups in total. The summed E-state index contributed by atoms with van der Waals surface area (Å²) >= 11 is 1.14. The Morgan fingerprint density at radius 2 is 2.35 bits per heavy atom. The van der Waals surface area contributed by atoms with E-state index in [-0.39, 0.29) is 5.75 Å². The van der Waals surface area contributed by atoms with E-state index in [0.29, 0.717) is 18.2 Å². The summed E-state index contributed by atoms with van der Waals surface area (Å²) < 4.78 is 1.79. The SMILES string of the molecule is Cc1cn(CCNC(N)=O)c(SCC(=O)O)n1. The first-order valence-corrected chi connectivity index (χ1v) is 5.89. The monoisotopic (exact) mass is 258 g/mol. The normalized spacial score (nSPS) is 10.2. The van der Waals surface area contributed by atoms with E-state index in [2.05, 4.69) is 10.3 Å². The molecule has 0 spiro atoms. The average Bonchev–Trinajstić information content (AvgIpc) is 2.55. The van der Waals surface area contributed by atoms with E-state index in [1.54, 1.807) is 10.8 Å². The molecular weight excluding hydrogens is 244 g/mol. The predicted octanol–water partition coefficient (Wildman–Crippen LogP) is 0.0365. The number of aromatic nitrogens is 2. The first kappa shape index (κ1) is 13.4. The molecule has 0 radical (unpaired) electrons. The topological polar surface area (TPSA) is 110 Å². The van der Waals surface area contributed by atoms with Crippen LogP contribution in [0.3, 0.4) is 0 Å². The number of amides is 2. The summed E-state index contributed by atoms with van der Waals surface area (Å²) in [6, 6.07) is -0.582. The van der Waals surface area contributed by atoms with Crippen LogP contribution in [-0.4, -0.2) is 39.0 Å². The second-order valence-electron chi connectivity index (χ2n) is 3.33. The quantitative estimate of drug-likeness (QED) is 0.624. The van der Waals surface area contributed by atoms with Crippen LogP contribution in [-0.2, 0) is 11.3 Å². The average molecular weight is 258 g/mol. The second-order valence-corrected chi connectivity index (χ2v) is 4.27. The van der Waals surface area contributed by atoms with E-state index in [1.807, 2.05) is 6.92 Å². The molecule has 7 nitrogen and oxygen atoms in total. The number of imidazole rings is 1. The third-order valence-electron chi connectivity index (χ3n) is 1.84. The summed E-state index contributed by atoms with van der Waals surface area (Å²) in [6.45, 7) is 2.71. The van der Waals surface area contributed by atoms with Gasteiger partial charge in [0.1, 0.15) is 0 Å². The minimum absolute atomic E-state index is 0.0420. The fraction of sp³-hybridized carbons (Fsp3) is 0.444. The number of carboxylic acid groups (broad SMARTS) is 1. The minimum atomic E-state index is -0.891. The third kappa shape index (κ3) is 4.77. The maximum Gasteiger partial charge on any atom is 0.313 e. The van der Waals surface area contributed by atoms with E-state index in [1.165, 1.54) is 0 Å². The van der Waals surface area contributed by atoms with Crippen molar-refractivity contribution in [2.45, 2.75) is 18.6 Å². The van der Waals surface area contributed by atoms with E-state index >= 15 is 0 Å². The summed E-state index contributed by atoms with van der Waals surface area (Å²) in [5.41, 5.74) is 5.74. The van der Waals surface area contributed by atoms with Crippen molar-refractivity contribution >= 4 is 23.8 Å². The van der Waals surface area contributed by atoms with Gasteiger partial charge in [-0.1, -0.05) is 11.8 Å². The van der Waals surface area contributed by atoms with Crippen molar-refractivity contribution in [3.63, 3.8) is 0 Å². The third-order valence-corrected chi connectivity index (χ3v) is 2.81. The molecule has 1 rings (SSSR count). The van der Waals surface area contributed by atoms with Gasteiger partial charge in [-0.3, -0.25) is 4.79 Å². The molecule has 1 aromatic rings. The van der Waals surface area contributed by atoms with Crippen molar-refractivity contribution in [1.29, 1.82) is 0 Å². The fourth-order valence-corrected chi connectivity index (χ4v) is 2.00. The smallest absolute Gasteiger partial charge is 0.313 e. The lowest BCUT2D eigenvalue weighted by molar-refractivity contribution is -0.133. The van der Waals surface area contributed by atoms with Crippen LogP contribution in [0.5, 0.6) is 0 Å². The van der Waals surface area contributed by atoms with Gasteiger partial charge in [-0.15, -0.1) is 0 Å². The number of carbonyl (C=O) groups is 2. The van der Waals surface area contributed by atoms with Crippen LogP contribution in [0.1, 0.15) is 5.69 Å². The molecule has 0 saturated heterocycles. The number of primary amides is 1. The number of carboxylic acids is 1. The Hall–Kier alpha value is -1.70. The molecule has 1 aromatic heterocycles. The molecule has 0 fully saturated rings. The van der Waals surface area contributed by atoms with Crippen LogP contribution in [0, 0.1) is 6.92 Å². The van der Waals surface area contributed by atoms with Gasteiger partial charge in [-0.2, -0.15) is 0 Å². The highest BCUT2D eigenvalue weighted by Gasteiger charge is 2.08. The van der Waals surface area contributed by atoms with Gasteiger partial charge in [-0.05, 0) is 6.92 Å². The lowest BCUT2D eigenvalue weighted by atomic mass is 10.5. The Kier molecular flexibility index (Phi) is 4.83. The number of carbonyl (C=O) groups excluding carboxylic acids is 1. The lowest BCUT2D eigenvalue weighted by Gasteiger charge is -2.06. The van der Waals surface area contributed by atoms with Crippen molar-refractivity contribution in [1.82, 2.24) is 14.9 Å². The largest absolute Gasteiger partial charge is 0.481 e. The molecule has 0 atom stereocenters. The highest BCUT2D eigenvalue weighted by Crippen LogP contribution is 2.16. The zero-order valence-electron chi connectivity index (χ0n) is 9.34. The molecule has 1 heterocycles. The van der Waals surface area contributed by atoms with Gasteiger partial charge in [0.25, 0.3) is 0 Å². The molecule has 0 aliphatic rings. The number of aliphatic carboxylic acids is 1. The standard InChI is InChI=1S/C9H14N4O3S/c1-6-4-13(3-2-11-8(10)16)9(12-6)17-5-7(14)15/h4H,2-3,5H2,1H3,(H,14,15)(H3,10,11,16). The molecule has 0 aliphatic heterocycles. The summed E-state index contributed by atoms with van der Waals surface area (Å²) in [5, 5.41) is 11.7. The molecule has 0 saturated carbocycles. The maximum atomic E-state index is 10.5. The van der Waals surface area contributed by atoms with E-state index in [0.717, 1.165) is 17.5 Å². The Morgan fingerprint density at radius 3 is 2.94 bits per heavy atom. The van der Waals surface area contributed by atoms with E-state index < -0.39 is 12.0 Å². The van der Waals surface area contributed by atoms with Crippen molar-refractivity contribution in [2.75, 3.05) is 12.3 Å². The molecular formula is C9H14N4O3S. The zero-order chi connectivity index (χ0) is 12.8. The Bertz CT molecular complexity index is 418. The summed E-state index contributed by atoms with van der Waals surface area (Å²) in [7, 11) is 0. The highest BCUT2D eigenvalue weighted by molar-refractivity contribution is 7.99. The van der Waals surface area contributed by atoms with Crippen molar-refractivity contribution < 1.29 is 14.7 Å². The van der Waals surface area contributed by atoms with Crippen LogP contribution >= 0.6 is 11.8 Å². The molecule has 8 heteroatoms. The number of nitrogens with zero attached hydrogens (tertiary/aromatic N) is 2. The minimum Gasteiger partial charge on any atom is -0.481 e. The molecule has 0 aliphatic carbocycles. The molecule has 0 aromatic carbocycles. The van der Waals surface area contributed by atoms with Crippen LogP contribution in [0.25, 0.3) is 0 Å². The summed E-state index contributed by atoms with van der Waals surface area (Å²) in [4.78, 5) is 25.2. The van der Waals surface area contributed by atoms with Crippen LogP contribution in [0.4, 0.5) is 4.79 Å². The second kappa shape index (κ2) is 6.14. The lowest BCUT2D eigenvalue weighted by Crippen LogP contribution is -2.32. The van der Waals surface area contributed by atoms with Crippen molar-refractivity contribution in [3.8, 4) is 0 Å². The molecule has 2 amide bonds. The van der Waals surface area contributed by atoms with Gasteiger partial charge in [0, 0.05) is 19.3 Å². The fourth-order valence-electron chi connectivity index (χ4n) is 1.23. The predicted molar refractivity (Wildman–Crippen MR) is 62.9 cm³/mol. The van der Waals surface area contributed by atoms with E-state index in [9.17, 15) is 9.59 Å². The number of aryl methyl sites for hydroxylation is 1. The first-order chi connectivity index (χ1) is 7.99. The van der Waals surface area contributed by atoms with Gasteiger partial charge >= 0.3 is 12.0 Å². The Labute approximate surface area is 102 Å². The maximum absolute atomic E-state index is 10.5. The molecule has 0 bridgehead atoms. The Morgan fingerprint density at radius 1 is 1.65 bits per heavy atom. The number of rotatable bonds is 6. The number of thioether (sulfide) groups is 1. The zero-order valence-corrected chi connectivity index (χ0v) is 10.2. The molecule has 17 heavy (non-hydrogen) atoms.